The molecule has 1 saturated heterocycles. The van der Waals surface area contributed by atoms with E-state index in [4.69, 9.17) is 9.73 Å². The largest absolute Gasteiger partial charge is 0.444 e. The van der Waals surface area contributed by atoms with Crippen molar-refractivity contribution in [2.75, 3.05) is 26.2 Å². The average Bonchev–Trinajstić information content (AvgIpc) is 2.88. The molecule has 1 atom stereocenters. The first-order chi connectivity index (χ1) is 11.2. The third-order valence-electron chi connectivity index (χ3n) is 3.74. The summed E-state index contributed by atoms with van der Waals surface area (Å²) in [5, 5.41) is 6.32. The first-order valence-corrected chi connectivity index (χ1v) is 9.24. The fourth-order valence-electron chi connectivity index (χ4n) is 2.65. The number of hydrogen-bond acceptors (Lipinski definition) is 3. The molecule has 0 aliphatic carbocycles. The second kappa shape index (κ2) is 11.8. The summed E-state index contributed by atoms with van der Waals surface area (Å²) in [5.74, 6) is 1.67. The number of nitrogens with zero attached hydrogens (tertiary/aromatic N) is 2. The molecule has 7 heteroatoms. The van der Waals surface area contributed by atoms with Gasteiger partial charge in [0.1, 0.15) is 5.60 Å². The molecule has 6 nitrogen and oxygen atoms in total. The predicted octanol–water partition coefficient (Wildman–Crippen LogP) is 3.61. The maximum atomic E-state index is 11.9. The number of carbonyl (C=O) groups excluding carboxylic acids is 1. The van der Waals surface area contributed by atoms with Gasteiger partial charge in [0.25, 0.3) is 0 Å². The molecule has 1 fully saturated rings. The molecular formula is C18H37IN4O2. The Bertz CT molecular complexity index is 422. The highest BCUT2D eigenvalue weighted by molar-refractivity contribution is 14.0. The maximum absolute atomic E-state index is 11.9. The number of guanidine groups is 1. The quantitative estimate of drug-likeness (QED) is 0.271. The maximum Gasteiger partial charge on any atom is 0.407 e. The molecule has 0 aromatic rings. The Morgan fingerprint density at radius 1 is 1.36 bits per heavy atom. The van der Waals surface area contributed by atoms with Crippen LogP contribution in [0.15, 0.2) is 4.99 Å². The van der Waals surface area contributed by atoms with E-state index in [0.29, 0.717) is 0 Å². The van der Waals surface area contributed by atoms with Crippen molar-refractivity contribution in [3.8, 4) is 0 Å². The fraction of sp³-hybridized carbons (Fsp3) is 0.889. The summed E-state index contributed by atoms with van der Waals surface area (Å²) in [6, 6.07) is 0.111. The van der Waals surface area contributed by atoms with Crippen LogP contribution in [0.2, 0.25) is 0 Å². The van der Waals surface area contributed by atoms with E-state index in [2.05, 4.69) is 36.3 Å². The molecular weight excluding hydrogens is 431 g/mol. The highest BCUT2D eigenvalue weighted by atomic mass is 127. The van der Waals surface area contributed by atoms with Crippen LogP contribution in [0, 0.1) is 5.92 Å². The van der Waals surface area contributed by atoms with Crippen LogP contribution in [-0.2, 0) is 4.74 Å². The number of aliphatic imine (C=N–C) groups is 1. The van der Waals surface area contributed by atoms with Crippen molar-refractivity contribution in [2.24, 2.45) is 10.9 Å². The smallest absolute Gasteiger partial charge is 0.407 e. The lowest BCUT2D eigenvalue weighted by atomic mass is 10.1. The van der Waals surface area contributed by atoms with Crippen molar-refractivity contribution in [1.29, 1.82) is 0 Å². The molecule has 0 aromatic heterocycles. The van der Waals surface area contributed by atoms with Crippen LogP contribution in [0.5, 0.6) is 0 Å². The Morgan fingerprint density at radius 3 is 2.60 bits per heavy atom. The van der Waals surface area contributed by atoms with Gasteiger partial charge < -0.3 is 20.3 Å². The minimum absolute atomic E-state index is 0. The molecule has 0 aromatic carbocycles. The Kier molecular flexibility index (Phi) is 11.5. The third kappa shape index (κ3) is 10.8. The van der Waals surface area contributed by atoms with Gasteiger partial charge in [0.05, 0.1) is 6.04 Å². The third-order valence-corrected chi connectivity index (χ3v) is 3.74. The predicted molar refractivity (Wildman–Crippen MR) is 115 cm³/mol. The van der Waals surface area contributed by atoms with Gasteiger partial charge in [0, 0.05) is 26.2 Å². The van der Waals surface area contributed by atoms with Crippen molar-refractivity contribution < 1.29 is 9.53 Å². The van der Waals surface area contributed by atoms with Gasteiger partial charge in [-0.1, -0.05) is 13.8 Å². The van der Waals surface area contributed by atoms with Crippen LogP contribution in [0.4, 0.5) is 4.79 Å². The van der Waals surface area contributed by atoms with Gasteiger partial charge >= 0.3 is 6.09 Å². The Labute approximate surface area is 170 Å². The van der Waals surface area contributed by atoms with E-state index in [1.165, 1.54) is 6.42 Å². The molecule has 25 heavy (non-hydrogen) atoms. The Morgan fingerprint density at radius 2 is 2.04 bits per heavy atom. The highest BCUT2D eigenvalue weighted by Crippen LogP contribution is 2.12. The Balaban J connectivity index is 0.00000576. The molecule has 0 radical (unpaired) electrons. The van der Waals surface area contributed by atoms with Gasteiger partial charge in [-0.05, 0) is 52.9 Å². The van der Waals surface area contributed by atoms with E-state index in [0.717, 1.165) is 50.9 Å². The van der Waals surface area contributed by atoms with Crippen LogP contribution in [0.1, 0.15) is 60.8 Å². The van der Waals surface area contributed by atoms with Gasteiger partial charge in [-0.3, -0.25) is 4.99 Å². The summed E-state index contributed by atoms with van der Waals surface area (Å²) in [6.07, 6.45) is 2.88. The van der Waals surface area contributed by atoms with Crippen LogP contribution < -0.4 is 10.6 Å². The molecule has 0 saturated carbocycles. The molecule has 1 amide bonds. The van der Waals surface area contributed by atoms with Crippen LogP contribution >= 0.6 is 24.0 Å². The number of likely N-dealkylation sites (tertiary alicyclic amines) is 1. The number of halogens is 1. The number of nitrogens with one attached hydrogen (secondary N) is 2. The summed E-state index contributed by atoms with van der Waals surface area (Å²) in [4.78, 5) is 18.8. The van der Waals surface area contributed by atoms with Crippen molar-refractivity contribution in [2.45, 2.75) is 72.4 Å². The standard InChI is InChI=1S/C18H36N4O2.HI/c1-7-19-16(20-11-8-9-14(2)3)22-12-10-15(13-22)21-17(23)24-18(4,5)6;/h14-15H,7-13H2,1-6H3,(H,19,20)(H,21,23);1H. The molecule has 1 unspecified atom stereocenters. The van der Waals surface area contributed by atoms with Crippen molar-refractivity contribution in [1.82, 2.24) is 15.5 Å². The minimum atomic E-state index is -0.463. The molecule has 1 aliphatic heterocycles. The van der Waals surface area contributed by atoms with Crippen molar-refractivity contribution in [3.05, 3.63) is 0 Å². The zero-order chi connectivity index (χ0) is 18.2. The lowest BCUT2D eigenvalue weighted by Gasteiger charge is -2.23. The molecule has 0 bridgehead atoms. The topological polar surface area (TPSA) is 66.0 Å². The van der Waals surface area contributed by atoms with Gasteiger partial charge in [0.2, 0.25) is 0 Å². The summed E-state index contributed by atoms with van der Waals surface area (Å²) in [5.41, 5.74) is -0.463. The molecule has 0 spiro atoms. The molecule has 2 N–H and O–H groups in total. The number of hydrogen-bond donors (Lipinski definition) is 2. The van der Waals surface area contributed by atoms with Crippen LogP contribution in [-0.4, -0.2) is 54.8 Å². The second-order valence-corrected chi connectivity index (χ2v) is 7.85. The molecule has 148 valence electrons. The first-order valence-electron chi connectivity index (χ1n) is 9.24. The minimum Gasteiger partial charge on any atom is -0.444 e. The summed E-state index contributed by atoms with van der Waals surface area (Å²) >= 11 is 0. The Hall–Kier alpha value is -0.730. The number of carbonyl (C=O) groups is 1. The van der Waals surface area contributed by atoms with E-state index < -0.39 is 5.60 Å². The monoisotopic (exact) mass is 468 g/mol. The normalized spacial score (nSPS) is 18.1. The van der Waals surface area contributed by atoms with Crippen LogP contribution in [0.25, 0.3) is 0 Å². The number of ether oxygens (including phenoxy) is 1. The van der Waals surface area contributed by atoms with E-state index >= 15 is 0 Å². The molecule has 1 heterocycles. The van der Waals surface area contributed by atoms with Gasteiger partial charge in [0.15, 0.2) is 5.96 Å². The summed E-state index contributed by atoms with van der Waals surface area (Å²) in [6.45, 7) is 15.6. The summed E-state index contributed by atoms with van der Waals surface area (Å²) in [7, 11) is 0. The van der Waals surface area contributed by atoms with Crippen molar-refractivity contribution in [3.63, 3.8) is 0 Å². The van der Waals surface area contributed by atoms with Crippen molar-refractivity contribution >= 4 is 36.0 Å². The van der Waals surface area contributed by atoms with E-state index in [-0.39, 0.29) is 36.1 Å². The molecule has 1 rings (SSSR count). The molecule has 1 aliphatic rings. The SMILES string of the molecule is CCNC(=NCCCC(C)C)N1CCC(NC(=O)OC(C)(C)C)C1.I. The zero-order valence-corrected chi connectivity index (χ0v) is 19.1. The summed E-state index contributed by atoms with van der Waals surface area (Å²) < 4.78 is 5.33. The highest BCUT2D eigenvalue weighted by Gasteiger charge is 2.27. The lowest BCUT2D eigenvalue weighted by Crippen LogP contribution is -2.44. The second-order valence-electron chi connectivity index (χ2n) is 7.85. The number of rotatable bonds is 6. The van der Waals surface area contributed by atoms with E-state index in [1.54, 1.807) is 0 Å². The number of alkyl carbamates (subject to hydrolysis) is 1. The first kappa shape index (κ1) is 24.3. The fourth-order valence-corrected chi connectivity index (χ4v) is 2.65. The van der Waals surface area contributed by atoms with Gasteiger partial charge in [-0.2, -0.15) is 0 Å². The lowest BCUT2D eigenvalue weighted by molar-refractivity contribution is 0.0507. The van der Waals surface area contributed by atoms with E-state index in [9.17, 15) is 4.79 Å². The van der Waals surface area contributed by atoms with E-state index in [1.807, 2.05) is 20.8 Å². The van der Waals surface area contributed by atoms with Gasteiger partial charge in [-0.25, -0.2) is 4.79 Å². The number of amides is 1. The van der Waals surface area contributed by atoms with Gasteiger partial charge in [-0.15, -0.1) is 24.0 Å². The zero-order valence-electron chi connectivity index (χ0n) is 16.7. The van der Waals surface area contributed by atoms with Crippen LogP contribution in [0.3, 0.4) is 0 Å². The average molecular weight is 468 g/mol.